The maximum absolute atomic E-state index is 9.39. The van der Waals surface area contributed by atoms with Gasteiger partial charge >= 0.3 is 0 Å². The molecule has 1 aromatic carbocycles. The van der Waals surface area contributed by atoms with Gasteiger partial charge < -0.3 is 10.8 Å². The Morgan fingerprint density at radius 3 is 2.88 bits per heavy atom. The van der Waals surface area contributed by atoms with Crippen molar-refractivity contribution in [1.29, 1.82) is 0 Å². The van der Waals surface area contributed by atoms with E-state index in [0.29, 0.717) is 11.7 Å². The molecule has 16 heavy (non-hydrogen) atoms. The number of phenolic OH excluding ortho intramolecular Hbond substituents is 1. The van der Waals surface area contributed by atoms with Gasteiger partial charge in [-0.15, -0.1) is 0 Å². The molecule has 0 amide bonds. The van der Waals surface area contributed by atoms with Crippen molar-refractivity contribution in [3.63, 3.8) is 0 Å². The number of hydrogen-bond donors (Lipinski definition) is 2. The van der Waals surface area contributed by atoms with Crippen LogP contribution in [0.15, 0.2) is 24.3 Å². The van der Waals surface area contributed by atoms with E-state index in [2.05, 4.69) is 6.92 Å². The largest absolute Gasteiger partial charge is 0.508 e. The average molecular weight is 219 g/mol. The highest BCUT2D eigenvalue weighted by Crippen LogP contribution is 2.33. The van der Waals surface area contributed by atoms with E-state index in [1.54, 1.807) is 6.07 Å². The van der Waals surface area contributed by atoms with Gasteiger partial charge in [0, 0.05) is 6.04 Å². The molecule has 3 atom stereocenters. The van der Waals surface area contributed by atoms with Crippen LogP contribution >= 0.6 is 0 Å². The first kappa shape index (κ1) is 11.5. The van der Waals surface area contributed by atoms with E-state index < -0.39 is 0 Å². The van der Waals surface area contributed by atoms with Crippen LogP contribution in [0.25, 0.3) is 0 Å². The first-order valence-corrected chi connectivity index (χ1v) is 6.18. The monoisotopic (exact) mass is 219 g/mol. The minimum absolute atomic E-state index is 0.242. The average Bonchev–Trinajstić information content (AvgIpc) is 2.65. The van der Waals surface area contributed by atoms with Crippen molar-refractivity contribution in [3.05, 3.63) is 29.8 Å². The Bertz CT molecular complexity index is 350. The van der Waals surface area contributed by atoms with Gasteiger partial charge in [-0.2, -0.15) is 0 Å². The molecule has 1 aliphatic carbocycles. The first-order chi connectivity index (χ1) is 7.65. The van der Waals surface area contributed by atoms with Gasteiger partial charge in [-0.25, -0.2) is 0 Å². The fraction of sp³-hybridized carbons (Fsp3) is 0.571. The summed E-state index contributed by atoms with van der Waals surface area (Å²) in [7, 11) is 0. The van der Waals surface area contributed by atoms with E-state index in [4.69, 9.17) is 5.73 Å². The van der Waals surface area contributed by atoms with Crippen LogP contribution in [0.1, 0.15) is 31.7 Å². The molecule has 2 nitrogen and oxygen atoms in total. The quantitative estimate of drug-likeness (QED) is 0.821. The van der Waals surface area contributed by atoms with Gasteiger partial charge in [-0.3, -0.25) is 0 Å². The zero-order valence-corrected chi connectivity index (χ0v) is 9.89. The van der Waals surface area contributed by atoms with E-state index in [9.17, 15) is 5.11 Å². The van der Waals surface area contributed by atoms with E-state index in [1.807, 2.05) is 18.2 Å². The third-order valence-corrected chi connectivity index (χ3v) is 3.72. The number of hydrogen-bond acceptors (Lipinski definition) is 2. The van der Waals surface area contributed by atoms with Crippen LogP contribution in [0.2, 0.25) is 0 Å². The van der Waals surface area contributed by atoms with Crippen LogP contribution in [0.4, 0.5) is 0 Å². The summed E-state index contributed by atoms with van der Waals surface area (Å²) in [5.74, 6) is 1.84. The molecule has 3 N–H and O–H groups in total. The minimum Gasteiger partial charge on any atom is -0.508 e. The van der Waals surface area contributed by atoms with Gasteiger partial charge in [0.1, 0.15) is 5.75 Å². The second kappa shape index (κ2) is 4.88. The summed E-state index contributed by atoms with van der Waals surface area (Å²) in [6.45, 7) is 2.31. The molecule has 2 heteroatoms. The molecule has 0 heterocycles. The second-order valence-corrected chi connectivity index (χ2v) is 5.22. The third-order valence-electron chi connectivity index (χ3n) is 3.72. The summed E-state index contributed by atoms with van der Waals surface area (Å²) in [5.41, 5.74) is 7.39. The van der Waals surface area contributed by atoms with Gasteiger partial charge in [0.25, 0.3) is 0 Å². The van der Waals surface area contributed by atoms with E-state index >= 15 is 0 Å². The van der Waals surface area contributed by atoms with Crippen LogP contribution < -0.4 is 5.73 Å². The maximum Gasteiger partial charge on any atom is 0.115 e. The number of phenols is 1. The van der Waals surface area contributed by atoms with Crippen LogP contribution in [-0.2, 0) is 6.42 Å². The van der Waals surface area contributed by atoms with Crippen molar-refractivity contribution in [2.45, 2.75) is 38.6 Å². The molecule has 0 bridgehead atoms. The Balaban J connectivity index is 1.94. The van der Waals surface area contributed by atoms with Gasteiger partial charge in [0.15, 0.2) is 0 Å². The molecular weight excluding hydrogens is 198 g/mol. The molecule has 1 aromatic rings. The second-order valence-electron chi connectivity index (χ2n) is 5.22. The van der Waals surface area contributed by atoms with Gasteiger partial charge in [-0.1, -0.05) is 25.5 Å². The van der Waals surface area contributed by atoms with Crippen LogP contribution in [-0.4, -0.2) is 11.1 Å². The summed E-state index contributed by atoms with van der Waals surface area (Å²) in [4.78, 5) is 0. The van der Waals surface area contributed by atoms with E-state index in [0.717, 1.165) is 17.9 Å². The van der Waals surface area contributed by atoms with E-state index in [1.165, 1.54) is 19.3 Å². The van der Waals surface area contributed by atoms with Gasteiger partial charge in [0.05, 0.1) is 0 Å². The molecule has 1 aliphatic rings. The van der Waals surface area contributed by atoms with Crippen LogP contribution in [0.3, 0.4) is 0 Å². The molecule has 3 unspecified atom stereocenters. The number of nitrogens with two attached hydrogens (primary N) is 1. The highest BCUT2D eigenvalue weighted by molar-refractivity contribution is 5.27. The zero-order valence-electron chi connectivity index (χ0n) is 9.89. The molecule has 0 saturated heterocycles. The van der Waals surface area contributed by atoms with Gasteiger partial charge in [-0.05, 0) is 48.8 Å². The fourth-order valence-electron chi connectivity index (χ4n) is 2.76. The predicted octanol–water partition coefficient (Wildman–Crippen LogP) is 2.70. The van der Waals surface area contributed by atoms with Crippen molar-refractivity contribution < 1.29 is 5.11 Å². The summed E-state index contributed by atoms with van der Waals surface area (Å²) < 4.78 is 0. The standard InChI is InChI=1S/C14H21NO/c1-10-5-6-12(7-10)14(15)9-11-3-2-4-13(16)8-11/h2-4,8,10,12,14,16H,5-7,9,15H2,1H3. The molecule has 0 aliphatic heterocycles. The molecule has 2 rings (SSSR count). The Morgan fingerprint density at radius 2 is 2.25 bits per heavy atom. The topological polar surface area (TPSA) is 46.2 Å². The SMILES string of the molecule is CC1CCC(C(N)Cc2cccc(O)c2)C1. The maximum atomic E-state index is 9.39. The Labute approximate surface area is 97.5 Å². The van der Waals surface area contributed by atoms with Gasteiger partial charge in [0.2, 0.25) is 0 Å². The summed E-state index contributed by atoms with van der Waals surface area (Å²) in [6, 6.07) is 7.68. The van der Waals surface area contributed by atoms with Crippen molar-refractivity contribution >= 4 is 0 Å². The minimum atomic E-state index is 0.242. The lowest BCUT2D eigenvalue weighted by molar-refractivity contribution is 0.414. The first-order valence-electron chi connectivity index (χ1n) is 6.18. The van der Waals surface area contributed by atoms with Crippen molar-refractivity contribution in [2.75, 3.05) is 0 Å². The number of aromatic hydroxyl groups is 1. The summed E-state index contributed by atoms with van der Waals surface area (Å²) in [5, 5.41) is 9.39. The molecule has 88 valence electrons. The zero-order chi connectivity index (χ0) is 11.5. The fourth-order valence-corrected chi connectivity index (χ4v) is 2.76. The van der Waals surface area contributed by atoms with E-state index in [-0.39, 0.29) is 6.04 Å². The lowest BCUT2D eigenvalue weighted by Gasteiger charge is -2.19. The highest BCUT2D eigenvalue weighted by atomic mass is 16.3. The molecule has 0 aromatic heterocycles. The lowest BCUT2D eigenvalue weighted by Crippen LogP contribution is -2.30. The Morgan fingerprint density at radius 1 is 1.44 bits per heavy atom. The predicted molar refractivity (Wildman–Crippen MR) is 66.3 cm³/mol. The molecule has 0 radical (unpaired) electrons. The smallest absolute Gasteiger partial charge is 0.115 e. The number of rotatable bonds is 3. The van der Waals surface area contributed by atoms with Crippen molar-refractivity contribution in [2.24, 2.45) is 17.6 Å². The lowest BCUT2D eigenvalue weighted by atomic mass is 9.92. The van der Waals surface area contributed by atoms with Crippen LogP contribution in [0, 0.1) is 11.8 Å². The van der Waals surface area contributed by atoms with Crippen molar-refractivity contribution in [1.82, 2.24) is 0 Å². The normalized spacial score (nSPS) is 26.9. The molecular formula is C14H21NO. The van der Waals surface area contributed by atoms with Crippen molar-refractivity contribution in [3.8, 4) is 5.75 Å². The summed E-state index contributed by atoms with van der Waals surface area (Å²) >= 11 is 0. The third kappa shape index (κ3) is 2.76. The Kier molecular flexibility index (Phi) is 3.49. The number of benzene rings is 1. The Hall–Kier alpha value is -1.02. The highest BCUT2D eigenvalue weighted by Gasteiger charge is 2.26. The molecule has 1 fully saturated rings. The molecule has 1 saturated carbocycles. The molecule has 0 spiro atoms. The summed E-state index contributed by atoms with van der Waals surface area (Å²) in [6.07, 6.45) is 4.73. The van der Waals surface area contributed by atoms with Crippen LogP contribution in [0.5, 0.6) is 5.75 Å².